The molecule has 0 aliphatic rings. The summed E-state index contributed by atoms with van der Waals surface area (Å²) in [5, 5.41) is 27.8. The van der Waals surface area contributed by atoms with Crippen LogP contribution in [0.3, 0.4) is 0 Å². The molecule has 0 saturated heterocycles. The average Bonchev–Trinajstić information content (AvgIpc) is 2.62. The van der Waals surface area contributed by atoms with Crippen molar-refractivity contribution in [1.82, 2.24) is 9.97 Å². The first kappa shape index (κ1) is 19.5. The third kappa shape index (κ3) is 6.62. The first-order valence-electron chi connectivity index (χ1n) is 6.96. The van der Waals surface area contributed by atoms with E-state index in [4.69, 9.17) is 15.4 Å². The molecule has 0 atom stereocenters. The van der Waals surface area contributed by atoms with E-state index in [0.717, 1.165) is 0 Å². The van der Waals surface area contributed by atoms with E-state index in [-0.39, 0.29) is 17.3 Å². The van der Waals surface area contributed by atoms with Crippen molar-refractivity contribution in [3.8, 4) is 0 Å². The average molecular weight is 348 g/mol. The van der Waals surface area contributed by atoms with Crippen LogP contribution in [0.25, 0.3) is 0 Å². The number of carbonyl (C=O) groups excluding carboxylic acids is 1. The summed E-state index contributed by atoms with van der Waals surface area (Å²) in [5.74, 6) is -2.30. The van der Waals surface area contributed by atoms with Crippen LogP contribution in [0.1, 0.15) is 34.3 Å². The van der Waals surface area contributed by atoms with Gasteiger partial charge in [-0.1, -0.05) is 6.92 Å². The van der Waals surface area contributed by atoms with Crippen LogP contribution in [0.2, 0.25) is 0 Å². The Kier molecular flexibility index (Phi) is 7.47. The van der Waals surface area contributed by atoms with Gasteiger partial charge in [-0.2, -0.15) is 0 Å². The molecule has 0 bridgehead atoms. The van der Waals surface area contributed by atoms with Gasteiger partial charge in [0.15, 0.2) is 0 Å². The molecule has 0 fully saturated rings. The Morgan fingerprint density at radius 3 is 1.72 bits per heavy atom. The van der Waals surface area contributed by atoms with Crippen molar-refractivity contribution >= 4 is 29.2 Å². The summed E-state index contributed by atoms with van der Waals surface area (Å²) in [6.07, 6.45) is 2.92. The predicted octanol–water partition coefficient (Wildman–Crippen LogP) is 1.71. The van der Waals surface area contributed by atoms with Crippen LogP contribution in [0.5, 0.6) is 0 Å². The van der Waals surface area contributed by atoms with Gasteiger partial charge in [-0.25, -0.2) is 19.6 Å². The van der Waals surface area contributed by atoms with Gasteiger partial charge < -0.3 is 15.5 Å². The third-order valence-corrected chi connectivity index (χ3v) is 2.70. The second kappa shape index (κ2) is 9.57. The summed E-state index contributed by atoms with van der Waals surface area (Å²) < 4.78 is 0. The van der Waals surface area contributed by atoms with E-state index >= 15 is 0 Å². The Bertz CT molecular complexity index is 731. The molecule has 5 N–H and O–H groups in total. The van der Waals surface area contributed by atoms with Crippen molar-refractivity contribution in [2.75, 3.05) is 10.8 Å². The number of pyridine rings is 2. The number of hydrogen-bond donors (Lipinski definition) is 5. The Labute approximate surface area is 142 Å². The summed E-state index contributed by atoms with van der Waals surface area (Å²) in [4.78, 5) is 38.8. The molecule has 0 aliphatic heterocycles. The topological polar surface area (TPSA) is 162 Å². The summed E-state index contributed by atoms with van der Waals surface area (Å²) in [5.41, 5.74) is 2.60. The number of rotatable bonds is 5. The number of hydrogen-bond acceptors (Lipinski definition) is 7. The second-order valence-electron chi connectivity index (χ2n) is 4.49. The van der Waals surface area contributed by atoms with Crippen molar-refractivity contribution < 1.29 is 29.8 Å². The first-order valence-corrected chi connectivity index (χ1v) is 6.96. The monoisotopic (exact) mass is 348 g/mol. The lowest BCUT2D eigenvalue weighted by Crippen LogP contribution is -2.10. The molecule has 1 amide bonds. The minimum atomic E-state index is -1.09. The summed E-state index contributed by atoms with van der Waals surface area (Å²) >= 11 is 0. The molecule has 25 heavy (non-hydrogen) atoms. The minimum Gasteiger partial charge on any atom is -0.477 e. The number of anilines is 2. The molecule has 2 heterocycles. The number of nitrogens with one attached hydrogen (secondary N) is 2. The summed E-state index contributed by atoms with van der Waals surface area (Å²) in [7, 11) is 0. The Hall–Kier alpha value is -3.53. The van der Waals surface area contributed by atoms with E-state index in [1.807, 2.05) is 5.48 Å². The van der Waals surface area contributed by atoms with Crippen LogP contribution in [0.4, 0.5) is 11.4 Å². The van der Waals surface area contributed by atoms with Gasteiger partial charge in [0, 0.05) is 6.42 Å². The van der Waals surface area contributed by atoms with E-state index in [9.17, 15) is 14.4 Å². The van der Waals surface area contributed by atoms with Crippen molar-refractivity contribution in [1.29, 1.82) is 0 Å². The zero-order chi connectivity index (χ0) is 18.8. The highest BCUT2D eigenvalue weighted by Gasteiger charge is 2.04. The molecule has 0 unspecified atom stereocenters. The lowest BCUT2D eigenvalue weighted by molar-refractivity contribution is -0.115. The molecule has 0 spiro atoms. The maximum atomic E-state index is 10.9. The van der Waals surface area contributed by atoms with Gasteiger partial charge in [0.25, 0.3) is 0 Å². The van der Waals surface area contributed by atoms with E-state index in [1.165, 1.54) is 36.7 Å². The Morgan fingerprint density at radius 1 is 0.920 bits per heavy atom. The largest absolute Gasteiger partial charge is 0.477 e. The maximum absolute atomic E-state index is 10.9. The van der Waals surface area contributed by atoms with E-state index in [0.29, 0.717) is 17.8 Å². The smallest absolute Gasteiger partial charge is 0.354 e. The molecule has 2 aromatic rings. The fraction of sp³-hybridized carbons (Fsp3) is 0.133. The Balaban J connectivity index is 0.000000257. The van der Waals surface area contributed by atoms with Gasteiger partial charge >= 0.3 is 11.9 Å². The highest BCUT2D eigenvalue weighted by atomic mass is 16.5. The van der Waals surface area contributed by atoms with Crippen LogP contribution >= 0.6 is 0 Å². The number of carbonyl (C=O) groups is 3. The molecule has 2 rings (SSSR count). The molecule has 0 aliphatic carbocycles. The number of carboxylic acids is 2. The van der Waals surface area contributed by atoms with Crippen LogP contribution < -0.4 is 10.8 Å². The molecule has 0 aromatic carbocycles. The highest BCUT2D eigenvalue weighted by molar-refractivity contribution is 5.91. The molecule has 0 radical (unpaired) electrons. The second-order valence-corrected chi connectivity index (χ2v) is 4.49. The van der Waals surface area contributed by atoms with Gasteiger partial charge in [0.1, 0.15) is 11.4 Å². The number of nitrogens with zero attached hydrogens (tertiary/aromatic N) is 2. The summed E-state index contributed by atoms with van der Waals surface area (Å²) in [6.45, 7) is 1.73. The molecular formula is C15H16N4O6. The van der Waals surface area contributed by atoms with Crippen molar-refractivity contribution in [2.45, 2.75) is 13.3 Å². The molecule has 2 aromatic heterocycles. The fourth-order valence-electron chi connectivity index (χ4n) is 1.43. The standard InChI is InChI=1S/C9H10N2O3.C6H6N2O3/c1-2-8(12)11-6-3-4-7(9(13)14)10-5-6;9-6(10)5-2-1-4(8-11)3-7-5/h3-5H,2H2,1H3,(H,11,12)(H,13,14);1-3,8,11H,(H,9,10). The molecule has 10 heteroatoms. The van der Waals surface area contributed by atoms with Crippen molar-refractivity contribution in [3.63, 3.8) is 0 Å². The molecule has 0 saturated carbocycles. The third-order valence-electron chi connectivity index (χ3n) is 2.70. The normalized spacial score (nSPS) is 9.36. The molecule has 10 nitrogen and oxygen atoms in total. The number of aromatic nitrogens is 2. The fourth-order valence-corrected chi connectivity index (χ4v) is 1.43. The number of amides is 1. The van der Waals surface area contributed by atoms with Gasteiger partial charge in [-0.3, -0.25) is 15.5 Å². The summed E-state index contributed by atoms with van der Waals surface area (Å²) in [6, 6.07) is 5.55. The maximum Gasteiger partial charge on any atom is 0.354 e. The van der Waals surface area contributed by atoms with Crippen LogP contribution in [-0.4, -0.2) is 43.2 Å². The lowest BCUT2D eigenvalue weighted by atomic mass is 10.3. The molecule has 132 valence electrons. The SMILES string of the molecule is CCC(=O)Nc1ccc(C(=O)O)nc1.O=C(O)c1ccc(NO)cn1. The van der Waals surface area contributed by atoms with E-state index < -0.39 is 11.9 Å². The quantitative estimate of drug-likeness (QED) is 0.506. The van der Waals surface area contributed by atoms with Gasteiger partial charge in [-0.05, 0) is 24.3 Å². The zero-order valence-electron chi connectivity index (χ0n) is 13.1. The predicted molar refractivity (Wildman–Crippen MR) is 86.7 cm³/mol. The minimum absolute atomic E-state index is 0.0421. The van der Waals surface area contributed by atoms with Crippen molar-refractivity contribution in [2.24, 2.45) is 0 Å². The zero-order valence-corrected chi connectivity index (χ0v) is 13.1. The van der Waals surface area contributed by atoms with Gasteiger partial charge in [-0.15, -0.1) is 0 Å². The Morgan fingerprint density at radius 2 is 1.40 bits per heavy atom. The number of aromatic carboxylic acids is 2. The van der Waals surface area contributed by atoms with Crippen LogP contribution in [-0.2, 0) is 4.79 Å². The van der Waals surface area contributed by atoms with Crippen molar-refractivity contribution in [3.05, 3.63) is 48.0 Å². The van der Waals surface area contributed by atoms with E-state index in [1.54, 1.807) is 6.92 Å². The lowest BCUT2D eigenvalue weighted by Gasteiger charge is -2.02. The van der Waals surface area contributed by atoms with Gasteiger partial charge in [0.2, 0.25) is 5.91 Å². The molecular weight excluding hydrogens is 332 g/mol. The van der Waals surface area contributed by atoms with Crippen LogP contribution in [0, 0.1) is 0 Å². The number of carboxylic acid groups (broad SMARTS) is 2. The van der Waals surface area contributed by atoms with E-state index in [2.05, 4.69) is 15.3 Å². The highest BCUT2D eigenvalue weighted by Crippen LogP contribution is 2.06. The first-order chi connectivity index (χ1) is 11.9. The van der Waals surface area contributed by atoms with Gasteiger partial charge in [0.05, 0.1) is 23.8 Å². The van der Waals surface area contributed by atoms with Crippen LogP contribution in [0.15, 0.2) is 36.7 Å².